The first-order chi connectivity index (χ1) is 15.2. The van der Waals surface area contributed by atoms with E-state index in [1.807, 2.05) is 0 Å². The van der Waals surface area contributed by atoms with Crippen LogP contribution in [0.3, 0.4) is 0 Å². The maximum absolute atomic E-state index is 14.3. The molecule has 1 saturated heterocycles. The van der Waals surface area contributed by atoms with Crippen molar-refractivity contribution in [3.8, 4) is 11.4 Å². The number of nitrogens with zero attached hydrogens (tertiary/aromatic N) is 7. The van der Waals surface area contributed by atoms with Crippen LogP contribution in [0.15, 0.2) is 36.9 Å². The van der Waals surface area contributed by atoms with E-state index >= 15 is 0 Å². The molecule has 31 heavy (non-hydrogen) atoms. The van der Waals surface area contributed by atoms with E-state index in [0.29, 0.717) is 29.0 Å². The van der Waals surface area contributed by atoms with Crippen molar-refractivity contribution in [3.05, 3.63) is 47.8 Å². The Morgan fingerprint density at radius 2 is 1.97 bits per heavy atom. The summed E-state index contributed by atoms with van der Waals surface area (Å²) in [7, 11) is 0. The molecule has 2 aliphatic rings. The number of hydrogen-bond acceptors (Lipinski definition) is 7. The van der Waals surface area contributed by atoms with Crippen LogP contribution in [0.1, 0.15) is 25.7 Å². The Balaban J connectivity index is 1.05. The predicted molar refractivity (Wildman–Crippen MR) is 113 cm³/mol. The van der Waals surface area contributed by atoms with Crippen molar-refractivity contribution in [1.82, 2.24) is 30.2 Å². The molecular weight excluding hydrogens is 421 g/mol. The van der Waals surface area contributed by atoms with E-state index in [9.17, 15) is 4.39 Å². The van der Waals surface area contributed by atoms with Crippen LogP contribution in [-0.4, -0.2) is 49.9 Å². The normalized spacial score (nSPS) is 21.3. The first-order valence-corrected chi connectivity index (χ1v) is 10.9. The van der Waals surface area contributed by atoms with Gasteiger partial charge in [0.1, 0.15) is 17.8 Å². The van der Waals surface area contributed by atoms with Crippen molar-refractivity contribution < 1.29 is 9.13 Å². The largest absolute Gasteiger partial charge is 0.493 e. The lowest BCUT2D eigenvalue weighted by molar-refractivity contribution is 0.283. The Morgan fingerprint density at radius 1 is 1.16 bits per heavy atom. The molecule has 0 amide bonds. The van der Waals surface area contributed by atoms with Gasteiger partial charge in [-0.05, 0) is 66.0 Å². The molecular formula is C21H23ClFN7O. The monoisotopic (exact) mass is 443 g/mol. The van der Waals surface area contributed by atoms with Gasteiger partial charge in [0.05, 0.1) is 24.0 Å². The summed E-state index contributed by atoms with van der Waals surface area (Å²) >= 11 is 5.88. The molecule has 0 bridgehead atoms. The molecule has 0 unspecified atom stereocenters. The Morgan fingerprint density at radius 3 is 2.68 bits per heavy atom. The average Bonchev–Trinajstić information content (AvgIpc) is 3.35. The molecule has 1 aromatic carbocycles. The van der Waals surface area contributed by atoms with Crippen LogP contribution in [0.2, 0.25) is 5.02 Å². The molecule has 2 aromatic heterocycles. The molecule has 1 saturated carbocycles. The van der Waals surface area contributed by atoms with Crippen LogP contribution >= 0.6 is 11.6 Å². The Kier molecular flexibility index (Phi) is 5.67. The summed E-state index contributed by atoms with van der Waals surface area (Å²) < 4.78 is 21.4. The third-order valence-corrected chi connectivity index (χ3v) is 6.48. The van der Waals surface area contributed by atoms with Crippen LogP contribution in [0.5, 0.6) is 5.75 Å². The van der Waals surface area contributed by atoms with E-state index in [2.05, 4.69) is 30.4 Å². The number of halogens is 2. The van der Waals surface area contributed by atoms with Crippen molar-refractivity contribution in [2.45, 2.75) is 25.7 Å². The zero-order chi connectivity index (χ0) is 21.2. The topological polar surface area (TPSA) is 81.9 Å². The summed E-state index contributed by atoms with van der Waals surface area (Å²) in [5.74, 6) is 3.11. The van der Waals surface area contributed by atoms with Crippen LogP contribution in [0, 0.1) is 23.6 Å². The average molecular weight is 444 g/mol. The Labute approximate surface area is 184 Å². The summed E-state index contributed by atoms with van der Waals surface area (Å²) in [4.78, 5) is 10.9. The number of rotatable bonds is 7. The second kappa shape index (κ2) is 8.74. The first kappa shape index (κ1) is 20.1. The molecule has 3 aromatic rings. The summed E-state index contributed by atoms with van der Waals surface area (Å²) in [6.07, 6.45) is 9.25. The second-order valence-electron chi connectivity index (χ2n) is 8.19. The fraction of sp³-hybridized carbons (Fsp3) is 0.476. The summed E-state index contributed by atoms with van der Waals surface area (Å²) in [5.41, 5.74) is 0.301. The van der Waals surface area contributed by atoms with Crippen molar-refractivity contribution in [2.75, 3.05) is 24.6 Å². The minimum absolute atomic E-state index is 0.301. The van der Waals surface area contributed by atoms with Gasteiger partial charge in [-0.15, -0.1) is 5.10 Å². The molecule has 1 aliphatic carbocycles. The highest BCUT2D eigenvalue weighted by atomic mass is 35.5. The minimum Gasteiger partial charge on any atom is -0.493 e. The van der Waals surface area contributed by atoms with E-state index in [1.54, 1.807) is 24.5 Å². The van der Waals surface area contributed by atoms with Gasteiger partial charge in [-0.3, -0.25) is 0 Å². The molecule has 162 valence electrons. The lowest BCUT2D eigenvalue weighted by atomic mass is 9.90. The number of tetrazole rings is 1. The van der Waals surface area contributed by atoms with E-state index < -0.39 is 5.82 Å². The van der Waals surface area contributed by atoms with Crippen LogP contribution < -0.4 is 9.64 Å². The maximum Gasteiger partial charge on any atom is 0.225 e. The van der Waals surface area contributed by atoms with Crippen molar-refractivity contribution in [3.63, 3.8) is 0 Å². The SMILES string of the molecule is Fc1cc(OCC[C@H]2C[C@@H]2C2CCN(c3ncc(Cl)cn3)CC2)ccc1-n1cnnn1. The van der Waals surface area contributed by atoms with Gasteiger partial charge in [-0.1, -0.05) is 11.6 Å². The molecule has 0 spiro atoms. The molecule has 5 rings (SSSR count). The van der Waals surface area contributed by atoms with Gasteiger partial charge in [-0.2, -0.15) is 4.68 Å². The highest BCUT2D eigenvalue weighted by Gasteiger charge is 2.43. The molecule has 1 aliphatic heterocycles. The summed E-state index contributed by atoms with van der Waals surface area (Å²) in [6.45, 7) is 2.57. The first-order valence-electron chi connectivity index (χ1n) is 10.6. The van der Waals surface area contributed by atoms with E-state index in [-0.39, 0.29) is 0 Å². The van der Waals surface area contributed by atoms with Crippen molar-refractivity contribution in [2.24, 2.45) is 17.8 Å². The van der Waals surface area contributed by atoms with Crippen LogP contribution in [0.25, 0.3) is 5.69 Å². The predicted octanol–water partition coefficient (Wildman–Crippen LogP) is 3.57. The molecule has 2 atom stereocenters. The smallest absolute Gasteiger partial charge is 0.225 e. The number of ether oxygens (including phenoxy) is 1. The number of piperidine rings is 1. The van der Waals surface area contributed by atoms with Crippen molar-refractivity contribution >= 4 is 17.5 Å². The number of hydrogen-bond donors (Lipinski definition) is 0. The number of benzene rings is 1. The lowest BCUT2D eigenvalue weighted by Crippen LogP contribution is -2.35. The standard InChI is InChI=1S/C21H23ClFN7O/c22-16-11-24-21(25-12-16)29-6-3-14(4-7-29)18-9-15(18)5-8-31-17-1-2-20(19(23)10-17)30-13-26-27-28-30/h1-2,10-15,18H,3-9H2/t15-,18+/m0/s1. The summed E-state index contributed by atoms with van der Waals surface area (Å²) in [5, 5.41) is 11.3. The third-order valence-electron chi connectivity index (χ3n) is 6.28. The van der Waals surface area contributed by atoms with E-state index in [1.165, 1.54) is 23.5 Å². The van der Waals surface area contributed by atoms with Crippen LogP contribution in [-0.2, 0) is 0 Å². The molecule has 10 heteroatoms. The Hall–Kier alpha value is -2.81. The van der Waals surface area contributed by atoms with Gasteiger partial charge in [0.25, 0.3) is 0 Å². The van der Waals surface area contributed by atoms with E-state index in [4.69, 9.17) is 16.3 Å². The fourth-order valence-electron chi connectivity index (χ4n) is 4.54. The third kappa shape index (κ3) is 4.61. The van der Waals surface area contributed by atoms with Gasteiger partial charge in [0, 0.05) is 19.2 Å². The molecule has 3 heterocycles. The van der Waals surface area contributed by atoms with Crippen molar-refractivity contribution in [1.29, 1.82) is 0 Å². The molecule has 2 fully saturated rings. The fourth-order valence-corrected chi connectivity index (χ4v) is 4.64. The highest BCUT2D eigenvalue weighted by molar-refractivity contribution is 6.30. The van der Waals surface area contributed by atoms with Gasteiger partial charge in [0.15, 0.2) is 5.82 Å². The van der Waals surface area contributed by atoms with Crippen LogP contribution in [0.4, 0.5) is 10.3 Å². The molecule has 0 N–H and O–H groups in total. The van der Waals surface area contributed by atoms with Gasteiger partial charge in [0.2, 0.25) is 5.95 Å². The number of aromatic nitrogens is 6. The zero-order valence-corrected chi connectivity index (χ0v) is 17.7. The molecule has 8 nitrogen and oxygen atoms in total. The van der Waals surface area contributed by atoms with Gasteiger partial charge >= 0.3 is 0 Å². The van der Waals surface area contributed by atoms with E-state index in [0.717, 1.165) is 50.1 Å². The van der Waals surface area contributed by atoms with Gasteiger partial charge in [-0.25, -0.2) is 14.4 Å². The quantitative estimate of drug-likeness (QED) is 0.552. The highest BCUT2D eigenvalue weighted by Crippen LogP contribution is 2.49. The van der Waals surface area contributed by atoms with Gasteiger partial charge < -0.3 is 9.64 Å². The lowest BCUT2D eigenvalue weighted by Gasteiger charge is -2.32. The Bertz CT molecular complexity index is 1010. The number of anilines is 1. The second-order valence-corrected chi connectivity index (χ2v) is 8.63. The molecule has 0 radical (unpaired) electrons. The zero-order valence-electron chi connectivity index (χ0n) is 16.9. The summed E-state index contributed by atoms with van der Waals surface area (Å²) in [6, 6.07) is 4.76. The minimum atomic E-state index is -0.412. The maximum atomic E-state index is 14.3.